The maximum atomic E-state index is 13.7. The van der Waals surface area contributed by atoms with Gasteiger partial charge in [-0.25, -0.2) is 8.42 Å². The van der Waals surface area contributed by atoms with Crippen molar-refractivity contribution < 1.29 is 18.0 Å². The van der Waals surface area contributed by atoms with Crippen molar-refractivity contribution in [1.29, 1.82) is 0 Å². The van der Waals surface area contributed by atoms with Gasteiger partial charge < -0.3 is 10.2 Å². The predicted octanol–water partition coefficient (Wildman–Crippen LogP) is 4.56. The van der Waals surface area contributed by atoms with E-state index in [1.54, 1.807) is 36.4 Å². The molecule has 9 heteroatoms. The first-order valence-electron chi connectivity index (χ1n) is 11.9. The number of carbonyl (C=O) groups excluding carboxylic acids is 2. The minimum atomic E-state index is -3.78. The first kappa shape index (κ1) is 28.7. The van der Waals surface area contributed by atoms with E-state index >= 15 is 0 Å². The lowest BCUT2D eigenvalue weighted by molar-refractivity contribution is -0.140. The smallest absolute Gasteiger partial charge is 0.244 e. The molecule has 0 saturated heterocycles. The van der Waals surface area contributed by atoms with Gasteiger partial charge >= 0.3 is 0 Å². The van der Waals surface area contributed by atoms with E-state index in [1.165, 1.54) is 4.90 Å². The predicted molar refractivity (Wildman–Crippen MR) is 142 cm³/mol. The second kappa shape index (κ2) is 12.9. The molecule has 2 aromatic carbocycles. The summed E-state index contributed by atoms with van der Waals surface area (Å²) in [5.74, 6) is -0.661. The van der Waals surface area contributed by atoms with Gasteiger partial charge in [0.2, 0.25) is 21.8 Å². The Labute approximate surface area is 214 Å². The maximum absolute atomic E-state index is 13.7. The summed E-state index contributed by atoms with van der Waals surface area (Å²) in [5, 5.41) is 3.43. The molecule has 0 radical (unpaired) electrons. The molecule has 0 heterocycles. The van der Waals surface area contributed by atoms with E-state index in [0.717, 1.165) is 28.1 Å². The molecule has 1 unspecified atom stereocenters. The fraction of sp³-hybridized carbons (Fsp3) is 0.462. The zero-order valence-corrected chi connectivity index (χ0v) is 22.7. The van der Waals surface area contributed by atoms with E-state index in [2.05, 4.69) is 5.32 Å². The fourth-order valence-corrected chi connectivity index (χ4v) is 4.86. The lowest BCUT2D eigenvalue weighted by Crippen LogP contribution is -2.52. The van der Waals surface area contributed by atoms with E-state index in [9.17, 15) is 18.0 Å². The number of amides is 2. The van der Waals surface area contributed by atoms with Gasteiger partial charge in [0.15, 0.2) is 0 Å². The molecular weight excluding hydrogens is 486 g/mol. The Bertz CT molecular complexity index is 1100. The fourth-order valence-electron chi connectivity index (χ4n) is 3.87. The molecule has 192 valence electrons. The number of nitrogens with zero attached hydrogens (tertiary/aromatic N) is 2. The third-order valence-corrected chi connectivity index (χ3v) is 7.09. The highest BCUT2D eigenvalue weighted by Gasteiger charge is 2.32. The zero-order valence-electron chi connectivity index (χ0n) is 21.1. The standard InChI is InChI=1S/C26H36ClN3O4S/c1-6-16-28-26(32)23(7-2)29(17-20-12-14-21(27)15-13-20)25(31)18-30(35(5,33)34)24-11-9-8-10-22(24)19(3)4/h8-15,19,23H,6-7,16-18H2,1-5H3,(H,28,32). The second-order valence-electron chi connectivity index (χ2n) is 8.85. The van der Waals surface area contributed by atoms with Crippen LogP contribution >= 0.6 is 11.6 Å². The number of rotatable bonds is 12. The molecule has 1 N–H and O–H groups in total. The van der Waals surface area contributed by atoms with Crippen molar-refractivity contribution in [2.24, 2.45) is 0 Å². The number of anilines is 1. The van der Waals surface area contributed by atoms with E-state index in [1.807, 2.05) is 39.8 Å². The van der Waals surface area contributed by atoms with Crippen molar-refractivity contribution in [1.82, 2.24) is 10.2 Å². The molecule has 0 aliphatic rings. The van der Waals surface area contributed by atoms with Gasteiger partial charge in [-0.3, -0.25) is 13.9 Å². The molecule has 35 heavy (non-hydrogen) atoms. The van der Waals surface area contributed by atoms with E-state index < -0.39 is 28.5 Å². The largest absolute Gasteiger partial charge is 0.354 e. The number of hydrogen-bond acceptors (Lipinski definition) is 4. The van der Waals surface area contributed by atoms with Crippen LogP contribution in [0.2, 0.25) is 5.02 Å². The van der Waals surface area contributed by atoms with Crippen molar-refractivity contribution in [3.63, 3.8) is 0 Å². The van der Waals surface area contributed by atoms with Crippen LogP contribution in [0.4, 0.5) is 5.69 Å². The molecule has 0 saturated carbocycles. The van der Waals surface area contributed by atoms with Gasteiger partial charge in [-0.05, 0) is 48.1 Å². The second-order valence-corrected chi connectivity index (χ2v) is 11.2. The number of para-hydroxylation sites is 1. The van der Waals surface area contributed by atoms with E-state index in [0.29, 0.717) is 23.7 Å². The number of hydrogen-bond donors (Lipinski definition) is 1. The molecule has 2 rings (SSSR count). The summed E-state index contributed by atoms with van der Waals surface area (Å²) in [5.41, 5.74) is 2.08. The third kappa shape index (κ3) is 7.97. The summed E-state index contributed by atoms with van der Waals surface area (Å²) in [7, 11) is -3.78. The lowest BCUT2D eigenvalue weighted by atomic mass is 10.0. The highest BCUT2D eigenvalue weighted by atomic mass is 35.5. The van der Waals surface area contributed by atoms with Crippen LogP contribution in [-0.4, -0.2) is 50.5 Å². The zero-order chi connectivity index (χ0) is 26.2. The van der Waals surface area contributed by atoms with Crippen LogP contribution in [0.15, 0.2) is 48.5 Å². The van der Waals surface area contributed by atoms with Crippen LogP contribution in [0.5, 0.6) is 0 Å². The first-order valence-corrected chi connectivity index (χ1v) is 14.1. The number of sulfonamides is 1. The Balaban J connectivity index is 2.48. The summed E-state index contributed by atoms with van der Waals surface area (Å²) in [6, 6.07) is 13.5. The Hall–Kier alpha value is -2.58. The van der Waals surface area contributed by atoms with Gasteiger partial charge in [-0.15, -0.1) is 0 Å². The Morgan fingerprint density at radius 1 is 1.03 bits per heavy atom. The van der Waals surface area contributed by atoms with Crippen LogP contribution in [0.25, 0.3) is 0 Å². The number of carbonyl (C=O) groups is 2. The van der Waals surface area contributed by atoms with E-state index in [4.69, 9.17) is 11.6 Å². The van der Waals surface area contributed by atoms with Crippen molar-refractivity contribution in [2.75, 3.05) is 23.7 Å². The SMILES string of the molecule is CCCNC(=O)C(CC)N(Cc1ccc(Cl)cc1)C(=O)CN(c1ccccc1C(C)C)S(C)(=O)=O. The van der Waals surface area contributed by atoms with Gasteiger partial charge in [-0.2, -0.15) is 0 Å². The van der Waals surface area contributed by atoms with Gasteiger partial charge in [0.1, 0.15) is 12.6 Å². The monoisotopic (exact) mass is 521 g/mol. The Kier molecular flexibility index (Phi) is 10.6. The molecule has 7 nitrogen and oxygen atoms in total. The van der Waals surface area contributed by atoms with Crippen molar-refractivity contribution in [3.8, 4) is 0 Å². The van der Waals surface area contributed by atoms with Crippen LogP contribution in [0.3, 0.4) is 0 Å². The average Bonchev–Trinajstić information content (AvgIpc) is 2.81. The quantitative estimate of drug-likeness (QED) is 0.443. The van der Waals surface area contributed by atoms with Crippen molar-refractivity contribution in [3.05, 3.63) is 64.7 Å². The van der Waals surface area contributed by atoms with Gasteiger partial charge in [0, 0.05) is 18.1 Å². The van der Waals surface area contributed by atoms with Crippen LogP contribution in [0.1, 0.15) is 57.6 Å². The van der Waals surface area contributed by atoms with Gasteiger partial charge in [0.05, 0.1) is 11.9 Å². The van der Waals surface area contributed by atoms with Crippen LogP contribution in [-0.2, 0) is 26.2 Å². The summed E-state index contributed by atoms with van der Waals surface area (Å²) < 4.78 is 26.8. The lowest BCUT2D eigenvalue weighted by Gasteiger charge is -2.33. The molecule has 0 bridgehead atoms. The maximum Gasteiger partial charge on any atom is 0.244 e. The summed E-state index contributed by atoms with van der Waals surface area (Å²) >= 11 is 6.02. The molecular formula is C26H36ClN3O4S. The van der Waals surface area contributed by atoms with Gasteiger partial charge in [0.25, 0.3) is 0 Å². The van der Waals surface area contributed by atoms with Crippen LogP contribution < -0.4 is 9.62 Å². The number of benzene rings is 2. The van der Waals surface area contributed by atoms with Gasteiger partial charge in [-0.1, -0.05) is 69.6 Å². The highest BCUT2D eigenvalue weighted by molar-refractivity contribution is 7.92. The molecule has 0 fully saturated rings. The molecule has 1 atom stereocenters. The molecule has 0 aliphatic heterocycles. The number of nitrogens with one attached hydrogen (secondary N) is 1. The van der Waals surface area contributed by atoms with Crippen molar-refractivity contribution >= 4 is 39.1 Å². The van der Waals surface area contributed by atoms with E-state index in [-0.39, 0.29) is 18.4 Å². The summed E-state index contributed by atoms with van der Waals surface area (Å²) in [6.07, 6.45) is 2.24. The van der Waals surface area contributed by atoms with Crippen LogP contribution in [0, 0.1) is 0 Å². The number of halogens is 1. The molecule has 0 aromatic heterocycles. The third-order valence-electron chi connectivity index (χ3n) is 5.71. The molecule has 2 aromatic rings. The normalized spacial score (nSPS) is 12.3. The topological polar surface area (TPSA) is 86.8 Å². The summed E-state index contributed by atoms with van der Waals surface area (Å²) in [6.45, 7) is 7.97. The molecule has 0 spiro atoms. The Morgan fingerprint density at radius 3 is 2.20 bits per heavy atom. The minimum Gasteiger partial charge on any atom is -0.354 e. The Morgan fingerprint density at radius 2 is 1.66 bits per heavy atom. The highest BCUT2D eigenvalue weighted by Crippen LogP contribution is 2.29. The average molecular weight is 522 g/mol. The summed E-state index contributed by atoms with van der Waals surface area (Å²) in [4.78, 5) is 28.1. The molecule has 2 amide bonds. The molecule has 0 aliphatic carbocycles. The van der Waals surface area contributed by atoms with Crippen molar-refractivity contribution in [2.45, 2.75) is 59.0 Å². The minimum absolute atomic E-state index is 0.0546. The first-order chi connectivity index (χ1) is 16.5.